The normalized spacial score (nSPS) is 18.4. The van der Waals surface area contributed by atoms with Crippen LogP contribution in [-0.2, 0) is 20.8 Å². The summed E-state index contributed by atoms with van der Waals surface area (Å²) < 4.78 is 1.74. The van der Waals surface area contributed by atoms with Gasteiger partial charge in [-0.15, -0.1) is 13.2 Å². The molecule has 170 valence electrons. The Morgan fingerprint density at radius 1 is 1.53 bits per heavy atom. The molecule has 0 spiro atoms. The fourth-order valence-electron chi connectivity index (χ4n) is 2.84. The number of aromatic nitrogens is 2. The quantitative estimate of drug-likeness (QED) is 0.264. The Balaban J connectivity index is 0.000000429. The smallest absolute Gasteiger partial charge is 0.234 e. The number of amides is 3. The molecular weight excluding hydrogens is 407 g/mol. The Labute approximate surface area is 180 Å². The van der Waals surface area contributed by atoms with Gasteiger partial charge in [-0.1, -0.05) is 0 Å². The van der Waals surface area contributed by atoms with Gasteiger partial charge in [-0.25, -0.2) is 4.98 Å². The Morgan fingerprint density at radius 3 is 2.53 bits per heavy atom. The van der Waals surface area contributed by atoms with Crippen LogP contribution < -0.4 is 16.4 Å². The second kappa shape index (κ2) is 16.5. The van der Waals surface area contributed by atoms with Crippen LogP contribution in [0, 0.1) is 0 Å². The zero-order chi connectivity index (χ0) is 22.9. The SMILES string of the molecule is C=C.CN1CCCC1C(N)=O.O=C1CCCN1.O=CNC(CO)Cc1cn(P)cn1. The number of likely N-dealkylation sites (tertiary alicyclic amines) is 1. The third-order valence-corrected chi connectivity index (χ3v) is 4.67. The first-order valence-electron chi connectivity index (χ1n) is 9.72. The van der Waals surface area contributed by atoms with E-state index in [0.717, 1.165) is 44.5 Å². The molecular formula is C19H35N6O4P. The number of nitrogens with two attached hydrogens (primary N) is 1. The number of imidazole rings is 1. The molecule has 2 saturated heterocycles. The highest BCUT2D eigenvalue weighted by atomic mass is 31.0. The number of nitrogens with one attached hydrogen (secondary N) is 2. The van der Waals surface area contributed by atoms with Crippen molar-refractivity contribution in [3.05, 3.63) is 31.4 Å². The van der Waals surface area contributed by atoms with Gasteiger partial charge in [-0.3, -0.25) is 19.3 Å². The van der Waals surface area contributed by atoms with Gasteiger partial charge in [0.1, 0.15) is 0 Å². The van der Waals surface area contributed by atoms with Crippen molar-refractivity contribution >= 4 is 27.6 Å². The summed E-state index contributed by atoms with van der Waals surface area (Å²) in [7, 11) is 4.39. The molecule has 10 nitrogen and oxygen atoms in total. The molecule has 0 radical (unpaired) electrons. The van der Waals surface area contributed by atoms with Crippen LogP contribution in [0.4, 0.5) is 0 Å². The van der Waals surface area contributed by atoms with E-state index < -0.39 is 0 Å². The number of likely N-dealkylation sites (N-methyl/N-ethyl adjacent to an activating group) is 1. The number of carbonyl (C=O) groups is 3. The second-order valence-corrected chi connectivity index (χ2v) is 7.27. The monoisotopic (exact) mass is 442 g/mol. The van der Waals surface area contributed by atoms with Crippen molar-refractivity contribution < 1.29 is 19.5 Å². The lowest BCUT2D eigenvalue weighted by atomic mass is 10.2. The van der Waals surface area contributed by atoms with Gasteiger partial charge in [0, 0.05) is 25.6 Å². The average Bonchev–Trinajstić information content (AvgIpc) is 3.47. The van der Waals surface area contributed by atoms with Crippen LogP contribution in [0.5, 0.6) is 0 Å². The summed E-state index contributed by atoms with van der Waals surface area (Å²) in [5.41, 5.74) is 5.94. The minimum atomic E-state index is -0.252. The van der Waals surface area contributed by atoms with Gasteiger partial charge >= 0.3 is 0 Å². The summed E-state index contributed by atoms with van der Waals surface area (Å²) in [6, 6.07) is -0.248. The Morgan fingerprint density at radius 2 is 2.23 bits per heavy atom. The van der Waals surface area contributed by atoms with Gasteiger partial charge in [0.2, 0.25) is 18.2 Å². The maximum Gasteiger partial charge on any atom is 0.234 e. The van der Waals surface area contributed by atoms with Crippen LogP contribution in [0.2, 0.25) is 0 Å². The predicted molar refractivity (Wildman–Crippen MR) is 119 cm³/mol. The molecule has 3 unspecified atom stereocenters. The maximum atomic E-state index is 10.6. The molecule has 2 aliphatic heterocycles. The van der Waals surface area contributed by atoms with Crippen molar-refractivity contribution in [3.8, 4) is 0 Å². The minimum Gasteiger partial charge on any atom is -0.394 e. The van der Waals surface area contributed by atoms with Gasteiger partial charge in [-0.2, -0.15) is 0 Å². The highest BCUT2D eigenvalue weighted by molar-refractivity contribution is 7.14. The molecule has 1 aromatic rings. The van der Waals surface area contributed by atoms with Crippen LogP contribution in [0.1, 0.15) is 31.4 Å². The molecule has 3 amide bonds. The summed E-state index contributed by atoms with van der Waals surface area (Å²) >= 11 is 0. The van der Waals surface area contributed by atoms with Crippen LogP contribution in [0.25, 0.3) is 0 Å². The van der Waals surface area contributed by atoms with Crippen molar-refractivity contribution in [3.63, 3.8) is 0 Å². The Hall–Kier alpha value is -2.29. The van der Waals surface area contributed by atoms with Crippen molar-refractivity contribution in [2.45, 2.75) is 44.2 Å². The van der Waals surface area contributed by atoms with E-state index in [1.165, 1.54) is 0 Å². The number of hydrogen-bond donors (Lipinski definition) is 4. The van der Waals surface area contributed by atoms with Crippen molar-refractivity contribution in [1.29, 1.82) is 0 Å². The number of hydrogen-bond acceptors (Lipinski definition) is 6. The topological polar surface area (TPSA) is 143 Å². The van der Waals surface area contributed by atoms with E-state index >= 15 is 0 Å². The summed E-state index contributed by atoms with van der Waals surface area (Å²) in [6.07, 6.45) is 8.39. The fourth-order valence-corrected chi connectivity index (χ4v) is 3.08. The summed E-state index contributed by atoms with van der Waals surface area (Å²) in [6.45, 7) is 7.81. The molecule has 0 aromatic carbocycles. The van der Waals surface area contributed by atoms with E-state index in [4.69, 9.17) is 10.8 Å². The van der Waals surface area contributed by atoms with Crippen LogP contribution in [-0.4, -0.2) is 76.4 Å². The lowest BCUT2D eigenvalue weighted by Gasteiger charge is -2.14. The summed E-state index contributed by atoms with van der Waals surface area (Å²) in [5, 5.41) is 14.0. The van der Waals surface area contributed by atoms with E-state index in [2.05, 4.69) is 38.2 Å². The maximum absolute atomic E-state index is 10.6. The van der Waals surface area contributed by atoms with Crippen molar-refractivity contribution in [2.75, 3.05) is 26.7 Å². The molecule has 5 N–H and O–H groups in total. The number of aliphatic hydroxyl groups is 1. The molecule has 2 fully saturated rings. The van der Waals surface area contributed by atoms with E-state index in [0.29, 0.717) is 12.8 Å². The number of aliphatic hydroxyl groups excluding tert-OH is 1. The third-order valence-electron chi connectivity index (χ3n) is 4.39. The van der Waals surface area contributed by atoms with Crippen LogP contribution in [0.15, 0.2) is 25.7 Å². The minimum absolute atomic E-state index is 0.00463. The lowest BCUT2D eigenvalue weighted by molar-refractivity contribution is -0.122. The van der Waals surface area contributed by atoms with Crippen molar-refractivity contribution in [2.24, 2.45) is 5.73 Å². The summed E-state index contributed by atoms with van der Waals surface area (Å²) in [5.74, 6) is 0.0185. The zero-order valence-electron chi connectivity index (χ0n) is 17.6. The predicted octanol–water partition coefficient (Wildman–Crippen LogP) is -0.565. The van der Waals surface area contributed by atoms with E-state index in [-0.39, 0.29) is 30.5 Å². The molecule has 1 aromatic heterocycles. The second-order valence-electron chi connectivity index (χ2n) is 6.67. The first-order valence-corrected chi connectivity index (χ1v) is 10.2. The lowest BCUT2D eigenvalue weighted by Crippen LogP contribution is -2.37. The van der Waals surface area contributed by atoms with E-state index in [1.54, 1.807) is 10.7 Å². The third kappa shape index (κ3) is 11.6. The fraction of sp³-hybridized carbons (Fsp3) is 0.579. The highest BCUT2D eigenvalue weighted by Crippen LogP contribution is 2.13. The molecule has 0 aliphatic carbocycles. The zero-order valence-corrected chi connectivity index (χ0v) is 18.8. The Bertz CT molecular complexity index is 634. The average molecular weight is 443 g/mol. The number of nitrogens with zero attached hydrogens (tertiary/aromatic N) is 3. The van der Waals surface area contributed by atoms with E-state index in [9.17, 15) is 14.4 Å². The number of carbonyl (C=O) groups excluding carboxylic acids is 3. The molecule has 30 heavy (non-hydrogen) atoms. The van der Waals surface area contributed by atoms with Gasteiger partial charge in [-0.05, 0) is 42.2 Å². The van der Waals surface area contributed by atoms with Gasteiger partial charge in [0.05, 0.1) is 30.7 Å². The van der Waals surface area contributed by atoms with Gasteiger partial charge < -0.3 is 25.8 Å². The largest absolute Gasteiger partial charge is 0.394 e. The number of primary amides is 1. The molecule has 11 heteroatoms. The van der Waals surface area contributed by atoms with Crippen molar-refractivity contribution in [1.82, 2.24) is 24.9 Å². The van der Waals surface area contributed by atoms with Gasteiger partial charge in [0.15, 0.2) is 0 Å². The van der Waals surface area contributed by atoms with Crippen LogP contribution >= 0.6 is 9.39 Å². The number of rotatable bonds is 6. The molecule has 3 atom stereocenters. The van der Waals surface area contributed by atoms with E-state index in [1.807, 2.05) is 18.1 Å². The summed E-state index contributed by atoms with van der Waals surface area (Å²) in [4.78, 5) is 36.9. The first kappa shape index (κ1) is 27.7. The highest BCUT2D eigenvalue weighted by Gasteiger charge is 2.24. The molecule has 2 aliphatic rings. The van der Waals surface area contributed by atoms with Crippen LogP contribution in [0.3, 0.4) is 0 Å². The standard InChI is InChI=1S/C7H12N3O2P.C6H12N2O.C4H7NO.C2H4/c11-3-7(9-5-12)1-6-2-10(13)4-8-6;1-8-4-2-3-5(8)6(7)9;6-4-2-1-3-5-4;1-2/h2,4-5,7,11H,1,3,13H2,(H,9,12);5H,2-4H2,1H3,(H2,7,9);1-3H2,(H,5,6);1-2H2. The van der Waals surface area contributed by atoms with Gasteiger partial charge in [0.25, 0.3) is 0 Å². The molecule has 0 bridgehead atoms. The molecule has 0 saturated carbocycles. The molecule has 3 heterocycles. The Kier molecular flexibility index (Phi) is 15.2. The first-order chi connectivity index (χ1) is 14.4. The molecule has 3 rings (SSSR count).